The topological polar surface area (TPSA) is 136 Å². The van der Waals surface area contributed by atoms with Gasteiger partial charge in [0.2, 0.25) is 16.0 Å². The molecule has 0 spiro atoms. The molecule has 0 unspecified atom stereocenters. The fraction of sp³-hybridized carbons (Fsp3) is 0.143. The van der Waals surface area contributed by atoms with Gasteiger partial charge in [0, 0.05) is 12.1 Å². The van der Waals surface area contributed by atoms with Crippen LogP contribution in [0.15, 0.2) is 53.6 Å². The highest BCUT2D eigenvalue weighted by Crippen LogP contribution is 2.27. The molecule has 0 saturated heterocycles. The van der Waals surface area contributed by atoms with Crippen molar-refractivity contribution in [3.8, 4) is 11.3 Å². The number of halogens is 5. The van der Waals surface area contributed by atoms with Crippen molar-refractivity contribution in [2.24, 2.45) is 5.14 Å². The molecule has 0 aliphatic rings. The van der Waals surface area contributed by atoms with E-state index >= 15 is 0 Å². The van der Waals surface area contributed by atoms with Gasteiger partial charge in [-0.1, -0.05) is 23.7 Å². The number of nitrogens with zero attached hydrogens (tertiary/aromatic N) is 4. The van der Waals surface area contributed by atoms with Crippen LogP contribution in [0.1, 0.15) is 5.56 Å². The summed E-state index contributed by atoms with van der Waals surface area (Å²) in [5.41, 5.74) is 1.20. The van der Waals surface area contributed by atoms with Crippen molar-refractivity contribution in [1.29, 1.82) is 0 Å². The van der Waals surface area contributed by atoms with Gasteiger partial charge in [-0.15, -0.1) is 0 Å². The Bertz CT molecular complexity index is 1530. The summed E-state index contributed by atoms with van der Waals surface area (Å²) in [4.78, 5) is 16.7. The van der Waals surface area contributed by atoms with E-state index in [-0.39, 0.29) is 45.1 Å². The fourth-order valence-corrected chi connectivity index (χ4v) is 3.76. The van der Waals surface area contributed by atoms with Crippen LogP contribution in [0.3, 0.4) is 0 Å². The number of primary sulfonamides is 1. The van der Waals surface area contributed by atoms with Crippen molar-refractivity contribution in [2.45, 2.75) is 17.6 Å². The second kappa shape index (κ2) is 9.79. The fourth-order valence-electron chi connectivity index (χ4n) is 3.07. The average Bonchev–Trinajstić information content (AvgIpc) is 2.82. The van der Waals surface area contributed by atoms with Crippen LogP contribution in [0.5, 0.6) is 0 Å². The molecule has 0 atom stereocenters. The highest BCUT2D eigenvalue weighted by Gasteiger charge is 2.27. The molecule has 2 heterocycles. The number of aromatic nitrogens is 4. The summed E-state index contributed by atoms with van der Waals surface area (Å²) in [5, 5.41) is 9.98. The van der Waals surface area contributed by atoms with Crippen LogP contribution < -0.4 is 15.8 Å². The van der Waals surface area contributed by atoms with E-state index < -0.39 is 28.6 Å². The summed E-state index contributed by atoms with van der Waals surface area (Å²) in [6, 6.07) is 9.50. The number of nitrogens with two attached hydrogens (primary N) is 1. The van der Waals surface area contributed by atoms with Crippen molar-refractivity contribution in [1.82, 2.24) is 19.9 Å². The van der Waals surface area contributed by atoms with Gasteiger partial charge in [0.15, 0.2) is 17.0 Å². The molecule has 0 fully saturated rings. The molecule has 0 aliphatic carbocycles. The lowest BCUT2D eigenvalue weighted by Crippen LogP contribution is -2.22. The van der Waals surface area contributed by atoms with Gasteiger partial charge in [-0.2, -0.15) is 23.1 Å². The van der Waals surface area contributed by atoms with E-state index in [0.717, 1.165) is 6.07 Å². The largest absolute Gasteiger partial charge is 0.405 e. The van der Waals surface area contributed by atoms with Gasteiger partial charge in [-0.25, -0.2) is 27.9 Å². The molecule has 4 N–H and O–H groups in total. The molecule has 36 heavy (non-hydrogen) atoms. The number of rotatable bonds is 7. The van der Waals surface area contributed by atoms with Crippen LogP contribution in [0.4, 0.5) is 29.3 Å². The zero-order valence-electron chi connectivity index (χ0n) is 18.0. The molecular weight excluding hydrogens is 526 g/mol. The zero-order valence-corrected chi connectivity index (χ0v) is 19.6. The van der Waals surface area contributed by atoms with Crippen LogP contribution in [0.25, 0.3) is 22.4 Å². The average molecular weight is 542 g/mol. The minimum Gasteiger partial charge on any atom is -0.359 e. The van der Waals surface area contributed by atoms with E-state index in [4.69, 9.17) is 16.7 Å². The third kappa shape index (κ3) is 6.13. The molecule has 4 rings (SSSR count). The number of sulfonamides is 1. The number of hydrogen-bond donors (Lipinski definition) is 3. The molecule has 2 aromatic carbocycles. The Labute approximate surface area is 206 Å². The number of anilines is 2. The molecule has 0 bridgehead atoms. The van der Waals surface area contributed by atoms with Gasteiger partial charge < -0.3 is 10.6 Å². The Morgan fingerprint density at radius 1 is 1.00 bits per heavy atom. The van der Waals surface area contributed by atoms with Crippen LogP contribution in [-0.4, -0.2) is 41.1 Å². The van der Waals surface area contributed by atoms with Gasteiger partial charge in [-0.3, -0.25) is 0 Å². The quantitative estimate of drug-likeness (QED) is 0.297. The molecule has 0 aliphatic heterocycles. The number of nitrogens with one attached hydrogen (secondary N) is 2. The lowest BCUT2D eigenvalue weighted by Gasteiger charge is -2.13. The van der Waals surface area contributed by atoms with Gasteiger partial charge in [0.05, 0.1) is 21.8 Å². The van der Waals surface area contributed by atoms with E-state index in [2.05, 4.69) is 30.6 Å². The monoisotopic (exact) mass is 541 g/mol. The summed E-state index contributed by atoms with van der Waals surface area (Å²) in [6.07, 6.45) is -3.21. The van der Waals surface area contributed by atoms with Crippen LogP contribution in [0.2, 0.25) is 5.02 Å². The lowest BCUT2D eigenvalue weighted by molar-refractivity contribution is -0.115. The van der Waals surface area contributed by atoms with Gasteiger partial charge in [-0.05, 0) is 35.9 Å². The second-order valence-electron chi connectivity index (χ2n) is 7.46. The maximum atomic E-state index is 13.5. The molecule has 4 aromatic rings. The van der Waals surface area contributed by atoms with E-state index in [1.165, 1.54) is 42.6 Å². The molecule has 0 radical (unpaired) electrons. The summed E-state index contributed by atoms with van der Waals surface area (Å²) < 4.78 is 75.0. The Balaban J connectivity index is 1.66. The predicted octanol–water partition coefficient (Wildman–Crippen LogP) is 4.11. The van der Waals surface area contributed by atoms with E-state index in [9.17, 15) is 26.0 Å². The predicted molar refractivity (Wildman–Crippen MR) is 125 cm³/mol. The molecule has 188 valence electrons. The van der Waals surface area contributed by atoms with E-state index in [0.29, 0.717) is 11.1 Å². The number of fused-ring (bicyclic) bond motifs is 1. The molecule has 9 nitrogen and oxygen atoms in total. The van der Waals surface area contributed by atoms with Crippen LogP contribution >= 0.6 is 11.6 Å². The third-order valence-corrected chi connectivity index (χ3v) is 6.00. The standard InChI is InChI=1S/C21H16ClF4N7O2S/c22-14-7-12(3-6-15(14)23)16-9-28-18-17(31-16)19(30-10-21(24,25)26)33-20(32-18)29-8-11-1-4-13(5-2-11)36(27,34)35/h1-7,9H,8,10H2,(H2,27,34,35)(H2,28,29,30,32,33). The smallest absolute Gasteiger partial charge is 0.359 e. The molecule has 0 amide bonds. The minimum absolute atomic E-state index is 0.00120. The summed E-state index contributed by atoms with van der Waals surface area (Å²) in [6.45, 7) is -1.27. The number of benzene rings is 2. The van der Waals surface area contributed by atoms with Gasteiger partial charge >= 0.3 is 6.18 Å². The first kappa shape index (κ1) is 25.5. The summed E-state index contributed by atoms with van der Waals surface area (Å²) >= 11 is 5.82. The zero-order chi connectivity index (χ0) is 26.1. The third-order valence-electron chi connectivity index (χ3n) is 4.78. The Kier molecular flexibility index (Phi) is 6.93. The Morgan fingerprint density at radius 3 is 2.36 bits per heavy atom. The number of alkyl halides is 3. The van der Waals surface area contributed by atoms with Gasteiger partial charge in [0.1, 0.15) is 12.4 Å². The highest BCUT2D eigenvalue weighted by atomic mass is 35.5. The van der Waals surface area contributed by atoms with Crippen molar-refractivity contribution < 1.29 is 26.0 Å². The lowest BCUT2D eigenvalue weighted by atomic mass is 10.1. The highest BCUT2D eigenvalue weighted by molar-refractivity contribution is 7.89. The second-order valence-corrected chi connectivity index (χ2v) is 9.43. The minimum atomic E-state index is -4.54. The van der Waals surface area contributed by atoms with Crippen molar-refractivity contribution in [3.63, 3.8) is 0 Å². The molecular formula is C21H16ClF4N7O2S. The van der Waals surface area contributed by atoms with E-state index in [1.807, 2.05) is 0 Å². The maximum absolute atomic E-state index is 13.5. The normalized spacial score (nSPS) is 12.1. The van der Waals surface area contributed by atoms with Crippen molar-refractivity contribution in [3.05, 3.63) is 65.1 Å². The summed E-state index contributed by atoms with van der Waals surface area (Å²) in [7, 11) is -3.85. The maximum Gasteiger partial charge on any atom is 0.405 e. The van der Waals surface area contributed by atoms with Crippen molar-refractivity contribution in [2.75, 3.05) is 17.2 Å². The SMILES string of the molecule is NS(=O)(=O)c1ccc(CNc2nc(NCC(F)(F)F)c3nc(-c4ccc(F)c(Cl)c4)cnc3n2)cc1. The summed E-state index contributed by atoms with van der Waals surface area (Å²) in [5.74, 6) is -0.915. The van der Waals surface area contributed by atoms with Crippen molar-refractivity contribution >= 4 is 44.6 Å². The Morgan fingerprint density at radius 2 is 1.72 bits per heavy atom. The number of hydrogen-bond acceptors (Lipinski definition) is 8. The van der Waals surface area contributed by atoms with Gasteiger partial charge in [0.25, 0.3) is 0 Å². The first-order valence-corrected chi connectivity index (χ1v) is 12.0. The van der Waals surface area contributed by atoms with Crippen LogP contribution in [-0.2, 0) is 16.6 Å². The van der Waals surface area contributed by atoms with E-state index in [1.54, 1.807) is 0 Å². The molecule has 2 aromatic heterocycles. The first-order valence-electron chi connectivity index (χ1n) is 10.1. The Hall–Kier alpha value is -3.62. The first-order chi connectivity index (χ1) is 16.9. The van der Waals surface area contributed by atoms with Crippen LogP contribution in [0, 0.1) is 5.82 Å². The molecule has 15 heteroatoms. The molecule has 0 saturated carbocycles.